The fourth-order valence-electron chi connectivity index (χ4n) is 2.68. The number of para-hydroxylation sites is 2. The number of nitrogens with zero attached hydrogens (tertiary/aromatic N) is 2. The Morgan fingerprint density at radius 1 is 1.30 bits per heavy atom. The van der Waals surface area contributed by atoms with Gasteiger partial charge >= 0.3 is 11.6 Å². The number of fused-ring (bicyclic) bond motifs is 3. The highest BCUT2D eigenvalue weighted by molar-refractivity contribution is 5.98. The lowest BCUT2D eigenvalue weighted by Gasteiger charge is -2.04. The van der Waals surface area contributed by atoms with Gasteiger partial charge in [-0.1, -0.05) is 12.1 Å². The summed E-state index contributed by atoms with van der Waals surface area (Å²) in [5, 5.41) is 0. The van der Waals surface area contributed by atoms with E-state index in [4.69, 9.17) is 4.74 Å². The van der Waals surface area contributed by atoms with Crippen molar-refractivity contribution < 1.29 is 14.1 Å². The molecule has 3 rings (SSSR count). The van der Waals surface area contributed by atoms with Crippen LogP contribution in [-0.2, 0) is 11.8 Å². The number of rotatable bonds is 2. The molecule has 102 valence electrons. The molecule has 0 unspecified atom stereocenters. The Labute approximate surface area is 117 Å². The van der Waals surface area contributed by atoms with E-state index >= 15 is 0 Å². The molecule has 0 aliphatic heterocycles. The lowest BCUT2D eigenvalue weighted by atomic mass is 10.1. The maximum absolute atomic E-state index is 12.3. The van der Waals surface area contributed by atoms with Gasteiger partial charge in [-0.25, -0.2) is 9.36 Å². The Kier molecular flexibility index (Phi) is 2.93. The Morgan fingerprint density at radius 3 is 2.80 bits per heavy atom. The standard InChI is InChI=1S/C16H17N2O2/c1-4-20-16(19)14-11(2)9-10-18-13-8-6-5-7-12(13)17(3)15(14)18/h5-10H,4H2,1-3H3/q+1. The average Bonchev–Trinajstić information content (AvgIpc) is 2.73. The highest BCUT2D eigenvalue weighted by Crippen LogP contribution is 2.20. The molecule has 4 heteroatoms. The van der Waals surface area contributed by atoms with Gasteiger partial charge in [-0.05, 0) is 37.6 Å². The lowest BCUT2D eigenvalue weighted by molar-refractivity contribution is -0.618. The number of pyridine rings is 1. The van der Waals surface area contributed by atoms with Crippen LogP contribution in [0.4, 0.5) is 0 Å². The Morgan fingerprint density at radius 2 is 2.05 bits per heavy atom. The van der Waals surface area contributed by atoms with E-state index in [-0.39, 0.29) is 5.97 Å². The van der Waals surface area contributed by atoms with Gasteiger partial charge in [0.1, 0.15) is 0 Å². The number of aryl methyl sites for hydroxylation is 2. The fraction of sp³-hybridized carbons (Fsp3) is 0.250. The van der Waals surface area contributed by atoms with Crippen LogP contribution in [0.5, 0.6) is 0 Å². The predicted octanol–water partition coefficient (Wildman–Crippen LogP) is 2.40. The normalized spacial score (nSPS) is 11.2. The number of hydrogen-bond acceptors (Lipinski definition) is 2. The van der Waals surface area contributed by atoms with Crippen molar-refractivity contribution >= 4 is 22.6 Å². The van der Waals surface area contributed by atoms with Crippen LogP contribution < -0.4 is 4.57 Å². The molecule has 0 radical (unpaired) electrons. The summed E-state index contributed by atoms with van der Waals surface area (Å²) in [4.78, 5) is 12.3. The Balaban J connectivity index is 2.45. The maximum atomic E-state index is 12.3. The van der Waals surface area contributed by atoms with E-state index in [0.717, 1.165) is 22.2 Å². The molecule has 0 saturated heterocycles. The number of esters is 1. The van der Waals surface area contributed by atoms with Crippen molar-refractivity contribution in [1.82, 2.24) is 4.40 Å². The number of benzene rings is 1. The number of aromatic nitrogens is 2. The van der Waals surface area contributed by atoms with Crippen LogP contribution in [0.15, 0.2) is 36.5 Å². The van der Waals surface area contributed by atoms with Crippen LogP contribution >= 0.6 is 0 Å². The minimum absolute atomic E-state index is 0.269. The second kappa shape index (κ2) is 4.63. The largest absolute Gasteiger partial charge is 0.462 e. The summed E-state index contributed by atoms with van der Waals surface area (Å²) in [5.74, 6) is -0.269. The molecule has 2 heterocycles. The molecule has 2 aromatic heterocycles. The van der Waals surface area contributed by atoms with Crippen molar-refractivity contribution in [3.05, 3.63) is 47.7 Å². The van der Waals surface area contributed by atoms with Gasteiger partial charge in [0.25, 0.3) is 0 Å². The SMILES string of the molecule is CCOC(=O)c1c(C)ccn2c3ccccc3[n+](C)c12. The van der Waals surface area contributed by atoms with Crippen molar-refractivity contribution in [1.29, 1.82) is 0 Å². The highest BCUT2D eigenvalue weighted by Gasteiger charge is 2.26. The van der Waals surface area contributed by atoms with Crippen LogP contribution in [0.3, 0.4) is 0 Å². The summed E-state index contributed by atoms with van der Waals surface area (Å²) in [7, 11) is 1.97. The third-order valence-corrected chi connectivity index (χ3v) is 3.62. The molecule has 3 aromatic rings. The lowest BCUT2D eigenvalue weighted by Crippen LogP contribution is -2.30. The molecule has 0 N–H and O–H groups in total. The third kappa shape index (κ3) is 1.68. The van der Waals surface area contributed by atoms with Crippen molar-refractivity contribution in [2.45, 2.75) is 13.8 Å². The molecule has 20 heavy (non-hydrogen) atoms. The molecule has 0 bridgehead atoms. The zero-order valence-corrected chi connectivity index (χ0v) is 11.9. The summed E-state index contributed by atoms with van der Waals surface area (Å²) in [6.45, 7) is 4.13. The van der Waals surface area contributed by atoms with E-state index in [1.54, 1.807) is 0 Å². The van der Waals surface area contributed by atoms with Gasteiger partial charge in [0, 0.05) is 0 Å². The van der Waals surface area contributed by atoms with Gasteiger partial charge in [0.15, 0.2) is 16.6 Å². The molecule has 0 aliphatic carbocycles. The van der Waals surface area contributed by atoms with E-state index in [2.05, 4.69) is 0 Å². The summed E-state index contributed by atoms with van der Waals surface area (Å²) >= 11 is 0. The molecule has 0 amide bonds. The average molecular weight is 269 g/mol. The fourth-order valence-corrected chi connectivity index (χ4v) is 2.68. The molecule has 0 atom stereocenters. The number of carbonyl (C=O) groups is 1. The molecule has 0 fully saturated rings. The first kappa shape index (κ1) is 12.7. The van der Waals surface area contributed by atoms with Gasteiger partial charge in [0.2, 0.25) is 0 Å². The smallest absolute Gasteiger partial charge is 0.346 e. The topological polar surface area (TPSA) is 34.6 Å². The van der Waals surface area contributed by atoms with Gasteiger partial charge in [-0.2, -0.15) is 4.40 Å². The maximum Gasteiger partial charge on any atom is 0.346 e. The first-order valence-electron chi connectivity index (χ1n) is 6.70. The number of carbonyl (C=O) groups excluding carboxylic acids is 1. The molecule has 0 aliphatic rings. The summed E-state index contributed by atoms with van der Waals surface area (Å²) < 4.78 is 9.27. The minimum atomic E-state index is -0.269. The summed E-state index contributed by atoms with van der Waals surface area (Å²) in [6.07, 6.45) is 2.00. The predicted molar refractivity (Wildman–Crippen MR) is 76.8 cm³/mol. The molecule has 1 aromatic carbocycles. The van der Waals surface area contributed by atoms with Gasteiger partial charge in [-0.3, -0.25) is 0 Å². The minimum Gasteiger partial charge on any atom is -0.462 e. The van der Waals surface area contributed by atoms with E-state index in [9.17, 15) is 4.79 Å². The number of imidazole rings is 1. The van der Waals surface area contributed by atoms with Gasteiger partial charge < -0.3 is 4.74 Å². The second-order valence-corrected chi connectivity index (χ2v) is 4.84. The van der Waals surface area contributed by atoms with Crippen LogP contribution in [0.2, 0.25) is 0 Å². The van der Waals surface area contributed by atoms with Crippen LogP contribution in [-0.4, -0.2) is 17.0 Å². The van der Waals surface area contributed by atoms with Gasteiger partial charge in [-0.15, -0.1) is 0 Å². The van der Waals surface area contributed by atoms with Crippen LogP contribution in [0.1, 0.15) is 22.8 Å². The monoisotopic (exact) mass is 269 g/mol. The Hall–Kier alpha value is -2.36. The third-order valence-electron chi connectivity index (χ3n) is 3.62. The van der Waals surface area contributed by atoms with E-state index in [1.165, 1.54) is 0 Å². The van der Waals surface area contributed by atoms with E-state index in [1.807, 2.05) is 66.4 Å². The summed E-state index contributed by atoms with van der Waals surface area (Å²) in [6, 6.07) is 10.0. The first-order valence-corrected chi connectivity index (χ1v) is 6.70. The molecule has 0 saturated carbocycles. The number of ether oxygens (including phenoxy) is 1. The Bertz CT molecular complexity index is 818. The van der Waals surface area contributed by atoms with Crippen LogP contribution in [0, 0.1) is 6.92 Å². The van der Waals surface area contributed by atoms with E-state index < -0.39 is 0 Å². The zero-order chi connectivity index (χ0) is 14.3. The van der Waals surface area contributed by atoms with Crippen molar-refractivity contribution in [3.63, 3.8) is 0 Å². The molecular formula is C16H17N2O2+. The number of hydrogen-bond donors (Lipinski definition) is 0. The highest BCUT2D eigenvalue weighted by atomic mass is 16.5. The first-order chi connectivity index (χ1) is 9.65. The van der Waals surface area contributed by atoms with Crippen LogP contribution in [0.25, 0.3) is 16.7 Å². The quantitative estimate of drug-likeness (QED) is 0.529. The van der Waals surface area contributed by atoms with Crippen molar-refractivity contribution in [2.75, 3.05) is 6.61 Å². The van der Waals surface area contributed by atoms with Gasteiger partial charge in [0.05, 0.1) is 19.9 Å². The molecule has 4 nitrogen and oxygen atoms in total. The van der Waals surface area contributed by atoms with E-state index in [0.29, 0.717) is 12.2 Å². The second-order valence-electron chi connectivity index (χ2n) is 4.84. The summed E-state index contributed by atoms with van der Waals surface area (Å²) in [5.41, 5.74) is 4.59. The molecule has 0 spiro atoms. The van der Waals surface area contributed by atoms with Crippen molar-refractivity contribution in [3.8, 4) is 0 Å². The zero-order valence-electron chi connectivity index (χ0n) is 11.9. The van der Waals surface area contributed by atoms with Crippen molar-refractivity contribution in [2.24, 2.45) is 7.05 Å². The molecular weight excluding hydrogens is 252 g/mol.